The Balaban J connectivity index is 1.64. The molecule has 2 aliphatic rings. The summed E-state index contributed by atoms with van der Waals surface area (Å²) in [4.78, 5) is 4.77. The minimum atomic E-state index is -0.112. The summed E-state index contributed by atoms with van der Waals surface area (Å²) >= 11 is 0. The third kappa shape index (κ3) is 3.03. The molecule has 5 nitrogen and oxygen atoms in total. The number of aliphatic hydroxyl groups is 1. The number of rotatable bonds is 2. The van der Waals surface area contributed by atoms with Crippen LogP contribution in [-0.4, -0.2) is 48.3 Å². The highest BCUT2D eigenvalue weighted by Gasteiger charge is 2.28. The van der Waals surface area contributed by atoms with Gasteiger partial charge in [-0.15, -0.1) is 0 Å². The predicted molar refractivity (Wildman–Crippen MR) is 87.6 cm³/mol. The molecule has 2 aliphatic heterocycles. The highest BCUT2D eigenvalue weighted by atomic mass is 16.3. The molecule has 1 aromatic rings. The number of hydrogen-bond acceptors (Lipinski definition) is 5. The lowest BCUT2D eigenvalue weighted by atomic mass is 9.98. The van der Waals surface area contributed by atoms with Crippen molar-refractivity contribution in [3.63, 3.8) is 0 Å². The van der Waals surface area contributed by atoms with E-state index in [1.54, 1.807) is 0 Å². The predicted octanol–water partition coefficient (Wildman–Crippen LogP) is 1.57. The Labute approximate surface area is 131 Å². The molecule has 0 bridgehead atoms. The van der Waals surface area contributed by atoms with Gasteiger partial charge in [0.25, 0.3) is 0 Å². The average molecular weight is 300 g/mol. The third-order valence-electron chi connectivity index (χ3n) is 4.98. The van der Waals surface area contributed by atoms with E-state index in [1.165, 1.54) is 0 Å². The van der Waals surface area contributed by atoms with Crippen molar-refractivity contribution in [1.82, 2.24) is 4.90 Å². The second kappa shape index (κ2) is 6.55. The normalized spacial score (nSPS) is 21.7. The number of hydrogen-bond donors (Lipinski definition) is 2. The molecule has 0 saturated carbocycles. The zero-order valence-corrected chi connectivity index (χ0v) is 12.9. The molecule has 0 radical (unpaired) electrons. The Morgan fingerprint density at radius 1 is 1.09 bits per heavy atom. The monoisotopic (exact) mass is 300 g/mol. The molecule has 2 saturated heterocycles. The van der Waals surface area contributed by atoms with Crippen molar-refractivity contribution in [2.75, 3.05) is 36.8 Å². The number of nitrogens with zero attached hydrogens (tertiary/aromatic N) is 3. The van der Waals surface area contributed by atoms with E-state index < -0.39 is 0 Å². The minimum absolute atomic E-state index is 0.112. The van der Waals surface area contributed by atoms with Gasteiger partial charge in [-0.1, -0.05) is 6.07 Å². The summed E-state index contributed by atoms with van der Waals surface area (Å²) in [6.07, 6.45) is 3.86. The van der Waals surface area contributed by atoms with Crippen LogP contribution in [0.3, 0.4) is 0 Å². The Morgan fingerprint density at radius 3 is 2.41 bits per heavy atom. The van der Waals surface area contributed by atoms with Gasteiger partial charge in [0.15, 0.2) is 0 Å². The number of nitriles is 1. The van der Waals surface area contributed by atoms with Crippen molar-refractivity contribution in [3.8, 4) is 6.07 Å². The number of likely N-dealkylation sites (tertiary alicyclic amines) is 1. The standard InChI is InChI=1S/C17H24N4O/c18-12-13-2-1-3-16(19)17(13)21-8-4-14(5-9-21)20-10-6-15(22)7-11-20/h1-3,14-15,22H,4-11,19H2. The maximum atomic E-state index is 9.62. The van der Waals surface area contributed by atoms with Crippen LogP contribution < -0.4 is 10.6 Å². The molecular weight excluding hydrogens is 276 g/mol. The third-order valence-corrected chi connectivity index (χ3v) is 4.98. The van der Waals surface area contributed by atoms with Crippen molar-refractivity contribution in [3.05, 3.63) is 23.8 Å². The van der Waals surface area contributed by atoms with E-state index in [-0.39, 0.29) is 6.10 Å². The number of nitrogen functional groups attached to an aromatic ring is 1. The van der Waals surface area contributed by atoms with Crippen LogP contribution in [0, 0.1) is 11.3 Å². The molecule has 0 spiro atoms. The Hall–Kier alpha value is -1.77. The van der Waals surface area contributed by atoms with Crippen molar-refractivity contribution < 1.29 is 5.11 Å². The van der Waals surface area contributed by atoms with Crippen LogP contribution >= 0.6 is 0 Å². The van der Waals surface area contributed by atoms with Gasteiger partial charge in [0, 0.05) is 32.2 Å². The van der Waals surface area contributed by atoms with Crippen molar-refractivity contribution in [1.29, 1.82) is 5.26 Å². The minimum Gasteiger partial charge on any atom is -0.397 e. The van der Waals surface area contributed by atoms with Crippen LogP contribution in [0.1, 0.15) is 31.2 Å². The fraction of sp³-hybridized carbons (Fsp3) is 0.588. The Bertz CT molecular complexity index is 552. The van der Waals surface area contributed by atoms with Gasteiger partial charge in [0.2, 0.25) is 0 Å². The van der Waals surface area contributed by atoms with E-state index in [2.05, 4.69) is 15.9 Å². The molecule has 0 unspecified atom stereocenters. The average Bonchev–Trinajstić information content (AvgIpc) is 2.55. The molecule has 0 amide bonds. The van der Waals surface area contributed by atoms with E-state index >= 15 is 0 Å². The first-order chi connectivity index (χ1) is 10.7. The van der Waals surface area contributed by atoms with Crippen LogP contribution in [0.15, 0.2) is 18.2 Å². The van der Waals surface area contributed by atoms with E-state index in [4.69, 9.17) is 5.73 Å². The summed E-state index contributed by atoms with van der Waals surface area (Å²) in [7, 11) is 0. The van der Waals surface area contributed by atoms with Crippen molar-refractivity contribution in [2.45, 2.75) is 37.8 Å². The zero-order chi connectivity index (χ0) is 15.5. The molecule has 0 atom stereocenters. The van der Waals surface area contributed by atoms with Crippen LogP contribution in [-0.2, 0) is 0 Å². The summed E-state index contributed by atoms with van der Waals surface area (Å²) in [5.41, 5.74) is 8.35. The van der Waals surface area contributed by atoms with Crippen molar-refractivity contribution >= 4 is 11.4 Å². The first-order valence-electron chi connectivity index (χ1n) is 8.14. The molecule has 2 heterocycles. The van der Waals surface area contributed by atoms with Crippen molar-refractivity contribution in [2.24, 2.45) is 0 Å². The number of aliphatic hydroxyl groups excluding tert-OH is 1. The maximum Gasteiger partial charge on any atom is 0.101 e. The molecular formula is C17H24N4O. The van der Waals surface area contributed by atoms with Gasteiger partial charge in [0.1, 0.15) is 6.07 Å². The topological polar surface area (TPSA) is 76.5 Å². The number of piperidine rings is 2. The second-order valence-electron chi connectivity index (χ2n) is 6.34. The maximum absolute atomic E-state index is 9.62. The summed E-state index contributed by atoms with van der Waals surface area (Å²) in [5.74, 6) is 0. The van der Waals surface area contributed by atoms with Gasteiger partial charge in [-0.25, -0.2) is 0 Å². The van der Waals surface area contributed by atoms with Crippen LogP contribution in [0.5, 0.6) is 0 Å². The van der Waals surface area contributed by atoms with Gasteiger partial charge in [-0.05, 0) is 37.8 Å². The van der Waals surface area contributed by atoms with Crippen LogP contribution in [0.2, 0.25) is 0 Å². The first kappa shape index (κ1) is 15.1. The smallest absolute Gasteiger partial charge is 0.101 e. The molecule has 0 aromatic heterocycles. The summed E-state index contributed by atoms with van der Waals surface area (Å²) in [6, 6.07) is 8.39. The molecule has 22 heavy (non-hydrogen) atoms. The molecule has 0 aliphatic carbocycles. The van der Waals surface area contributed by atoms with Gasteiger partial charge >= 0.3 is 0 Å². The summed E-state index contributed by atoms with van der Waals surface area (Å²) in [6.45, 7) is 3.88. The molecule has 2 fully saturated rings. The van der Waals surface area contributed by atoms with E-state index in [0.29, 0.717) is 17.3 Å². The Morgan fingerprint density at radius 2 is 1.77 bits per heavy atom. The lowest BCUT2D eigenvalue weighted by molar-refractivity contribution is 0.0542. The molecule has 118 valence electrons. The number of para-hydroxylation sites is 1. The van der Waals surface area contributed by atoms with Gasteiger partial charge < -0.3 is 20.6 Å². The molecule has 1 aromatic carbocycles. The van der Waals surface area contributed by atoms with E-state index in [9.17, 15) is 10.4 Å². The highest BCUT2D eigenvalue weighted by Crippen LogP contribution is 2.31. The first-order valence-corrected chi connectivity index (χ1v) is 8.14. The van der Waals surface area contributed by atoms with Gasteiger partial charge in [-0.3, -0.25) is 0 Å². The van der Waals surface area contributed by atoms with Gasteiger partial charge in [0.05, 0.1) is 23.0 Å². The largest absolute Gasteiger partial charge is 0.397 e. The summed E-state index contributed by atoms with van der Waals surface area (Å²) < 4.78 is 0. The second-order valence-corrected chi connectivity index (χ2v) is 6.34. The zero-order valence-electron chi connectivity index (χ0n) is 12.9. The van der Waals surface area contributed by atoms with Crippen LogP contribution in [0.4, 0.5) is 11.4 Å². The highest BCUT2D eigenvalue weighted by molar-refractivity contribution is 5.74. The fourth-order valence-corrected chi connectivity index (χ4v) is 3.71. The van der Waals surface area contributed by atoms with Gasteiger partial charge in [-0.2, -0.15) is 5.26 Å². The SMILES string of the molecule is N#Cc1cccc(N)c1N1CCC(N2CCC(O)CC2)CC1. The van der Waals surface area contributed by atoms with E-state index in [0.717, 1.165) is 57.5 Å². The number of benzene rings is 1. The molecule has 3 N–H and O–H groups in total. The van der Waals surface area contributed by atoms with E-state index in [1.807, 2.05) is 18.2 Å². The fourth-order valence-electron chi connectivity index (χ4n) is 3.71. The molecule has 5 heteroatoms. The molecule has 3 rings (SSSR count). The van der Waals surface area contributed by atoms with Crippen LogP contribution in [0.25, 0.3) is 0 Å². The number of nitrogens with two attached hydrogens (primary N) is 1. The quantitative estimate of drug-likeness (QED) is 0.811. The lowest BCUT2D eigenvalue weighted by Crippen LogP contribution is -2.48. The lowest BCUT2D eigenvalue weighted by Gasteiger charge is -2.42. The number of anilines is 2. The summed E-state index contributed by atoms with van der Waals surface area (Å²) in [5, 5.41) is 18.9. The Kier molecular flexibility index (Phi) is 4.51.